The Bertz CT molecular complexity index is 766. The van der Waals surface area contributed by atoms with E-state index in [0.29, 0.717) is 13.0 Å². The van der Waals surface area contributed by atoms with E-state index in [1.807, 2.05) is 0 Å². The third-order valence-electron chi connectivity index (χ3n) is 5.32. The molecule has 0 spiro atoms. The molecule has 3 rings (SSSR count). The van der Waals surface area contributed by atoms with Crippen LogP contribution < -0.4 is 5.32 Å². The molecule has 1 atom stereocenters. The summed E-state index contributed by atoms with van der Waals surface area (Å²) >= 11 is 0. The first-order chi connectivity index (χ1) is 13.0. The van der Waals surface area contributed by atoms with Crippen LogP contribution in [0.3, 0.4) is 0 Å². The van der Waals surface area contributed by atoms with Gasteiger partial charge in [0.15, 0.2) is 0 Å². The Labute approximate surface area is 162 Å². The number of benzene rings is 1. The van der Waals surface area contributed by atoms with Crippen LogP contribution in [-0.2, 0) is 27.2 Å². The minimum absolute atomic E-state index is 0.139. The molecule has 1 aromatic heterocycles. The predicted molar refractivity (Wildman–Crippen MR) is 108 cm³/mol. The van der Waals surface area contributed by atoms with Crippen LogP contribution in [0, 0.1) is 0 Å². The van der Waals surface area contributed by atoms with Crippen molar-refractivity contribution in [1.29, 1.82) is 0 Å². The molecule has 1 aliphatic rings. The number of carbonyl (C=O) groups excluding carboxylic acids is 1. The van der Waals surface area contributed by atoms with Crippen LogP contribution in [0.4, 0.5) is 0 Å². The Kier molecular flexibility index (Phi) is 6.55. The molecule has 0 bridgehead atoms. The first-order valence-corrected chi connectivity index (χ1v) is 9.97. The Morgan fingerprint density at radius 3 is 2.96 bits per heavy atom. The molecule has 2 aromatic rings. The summed E-state index contributed by atoms with van der Waals surface area (Å²) in [6.45, 7) is 6.44. The number of methoxy groups -OCH3 is 1. The lowest BCUT2D eigenvalue weighted by atomic mass is 9.94. The average molecular weight is 373 g/mol. The lowest BCUT2D eigenvalue weighted by Crippen LogP contribution is -2.45. The minimum atomic E-state index is -0.139. The third-order valence-corrected chi connectivity index (χ3v) is 5.32. The summed E-state index contributed by atoms with van der Waals surface area (Å²) in [6.07, 6.45) is 6.33. The van der Waals surface area contributed by atoms with E-state index in [4.69, 9.17) is 9.47 Å². The number of carbonyl (C=O) groups is 1. The molecular formula is C22H32N2O3. The normalized spacial score (nSPS) is 19.3. The second-order valence-electron chi connectivity index (χ2n) is 8.08. The van der Waals surface area contributed by atoms with Gasteiger partial charge in [-0.2, -0.15) is 0 Å². The summed E-state index contributed by atoms with van der Waals surface area (Å²) in [5, 5.41) is 4.47. The van der Waals surface area contributed by atoms with Crippen LogP contribution in [0.15, 0.2) is 30.5 Å². The van der Waals surface area contributed by atoms with Crippen molar-refractivity contribution in [2.75, 3.05) is 20.3 Å². The number of hydrogen-bond donors (Lipinski definition) is 1. The summed E-state index contributed by atoms with van der Waals surface area (Å²) in [6, 6.07) is 8.69. The van der Waals surface area contributed by atoms with Crippen molar-refractivity contribution < 1.29 is 14.3 Å². The van der Waals surface area contributed by atoms with E-state index < -0.39 is 0 Å². The summed E-state index contributed by atoms with van der Waals surface area (Å²) in [5.41, 5.74) is 2.40. The highest BCUT2D eigenvalue weighted by molar-refractivity contribution is 5.84. The number of rotatable bonds is 8. The second kappa shape index (κ2) is 8.89. The zero-order valence-electron chi connectivity index (χ0n) is 16.8. The lowest BCUT2D eigenvalue weighted by molar-refractivity contribution is -0.124. The second-order valence-corrected chi connectivity index (χ2v) is 8.08. The SMILES string of the molecule is COCCn1cc(CCCC(=O)N[C@H]2CCOC(C)(C)C2)c2ccccc21. The zero-order valence-corrected chi connectivity index (χ0v) is 16.8. The fourth-order valence-corrected chi connectivity index (χ4v) is 3.99. The Balaban J connectivity index is 1.53. The van der Waals surface area contributed by atoms with Gasteiger partial charge in [-0.05, 0) is 51.2 Å². The Hall–Kier alpha value is -1.85. The van der Waals surface area contributed by atoms with Crippen LogP contribution in [0.5, 0.6) is 0 Å². The van der Waals surface area contributed by atoms with Crippen molar-refractivity contribution >= 4 is 16.8 Å². The van der Waals surface area contributed by atoms with Gasteiger partial charge in [0.05, 0.1) is 12.2 Å². The smallest absolute Gasteiger partial charge is 0.220 e. The van der Waals surface area contributed by atoms with E-state index in [1.54, 1.807) is 7.11 Å². The van der Waals surface area contributed by atoms with Gasteiger partial charge in [0.2, 0.25) is 5.91 Å². The number of hydrogen-bond acceptors (Lipinski definition) is 3. The van der Waals surface area contributed by atoms with Gasteiger partial charge < -0.3 is 19.4 Å². The Morgan fingerprint density at radius 1 is 1.37 bits per heavy atom. The molecule has 1 saturated heterocycles. The fraction of sp³-hybridized carbons (Fsp3) is 0.591. The lowest BCUT2D eigenvalue weighted by Gasteiger charge is -2.35. The maximum atomic E-state index is 12.3. The first kappa shape index (κ1) is 19.9. The molecule has 1 aliphatic heterocycles. The molecule has 1 fully saturated rings. The van der Waals surface area contributed by atoms with Crippen molar-refractivity contribution in [2.24, 2.45) is 0 Å². The van der Waals surface area contributed by atoms with E-state index in [2.05, 4.69) is 54.2 Å². The molecule has 0 saturated carbocycles. The van der Waals surface area contributed by atoms with Crippen LogP contribution in [-0.4, -0.2) is 42.4 Å². The van der Waals surface area contributed by atoms with Crippen LogP contribution >= 0.6 is 0 Å². The molecule has 5 nitrogen and oxygen atoms in total. The van der Waals surface area contributed by atoms with E-state index in [0.717, 1.165) is 38.8 Å². The quantitative estimate of drug-likeness (QED) is 0.769. The molecule has 0 aliphatic carbocycles. The summed E-state index contributed by atoms with van der Waals surface area (Å²) in [4.78, 5) is 12.3. The minimum Gasteiger partial charge on any atom is -0.383 e. The van der Waals surface area contributed by atoms with E-state index >= 15 is 0 Å². The van der Waals surface area contributed by atoms with E-state index in [1.165, 1.54) is 16.5 Å². The number of nitrogens with one attached hydrogen (secondary N) is 1. The number of ether oxygens (including phenoxy) is 2. The topological polar surface area (TPSA) is 52.5 Å². The van der Waals surface area contributed by atoms with Crippen molar-refractivity contribution in [3.8, 4) is 0 Å². The van der Waals surface area contributed by atoms with Crippen molar-refractivity contribution in [3.05, 3.63) is 36.0 Å². The van der Waals surface area contributed by atoms with Crippen LogP contribution in [0.1, 0.15) is 45.1 Å². The van der Waals surface area contributed by atoms with Crippen molar-refractivity contribution in [1.82, 2.24) is 9.88 Å². The van der Waals surface area contributed by atoms with Crippen LogP contribution in [0.2, 0.25) is 0 Å². The molecule has 1 N–H and O–H groups in total. The molecule has 27 heavy (non-hydrogen) atoms. The van der Waals surface area contributed by atoms with Gasteiger partial charge in [0.1, 0.15) is 0 Å². The molecule has 148 valence electrons. The standard InChI is InChI=1S/C22H32N2O3/c1-22(2)15-18(11-13-27-22)23-21(25)10-6-7-17-16-24(12-14-26-3)20-9-5-4-8-19(17)20/h4-5,8-9,16,18H,6-7,10-15H2,1-3H3,(H,23,25)/t18-/m0/s1. The van der Waals surface area contributed by atoms with Gasteiger partial charge in [0.25, 0.3) is 0 Å². The van der Waals surface area contributed by atoms with Gasteiger partial charge in [-0.25, -0.2) is 0 Å². The molecule has 0 radical (unpaired) electrons. The number of aryl methyl sites for hydroxylation is 1. The maximum Gasteiger partial charge on any atom is 0.220 e. The number of aromatic nitrogens is 1. The molecular weight excluding hydrogens is 340 g/mol. The maximum absolute atomic E-state index is 12.3. The highest BCUT2D eigenvalue weighted by Gasteiger charge is 2.29. The van der Waals surface area contributed by atoms with Crippen molar-refractivity contribution in [3.63, 3.8) is 0 Å². The number of amides is 1. The number of nitrogens with zero attached hydrogens (tertiary/aromatic N) is 1. The van der Waals surface area contributed by atoms with Gasteiger partial charge >= 0.3 is 0 Å². The van der Waals surface area contributed by atoms with Crippen molar-refractivity contribution in [2.45, 2.75) is 64.1 Å². The van der Waals surface area contributed by atoms with Gasteiger partial charge in [0, 0.05) is 49.8 Å². The third kappa shape index (κ3) is 5.33. The summed E-state index contributed by atoms with van der Waals surface area (Å²) in [7, 11) is 1.73. The number of fused-ring (bicyclic) bond motifs is 1. The molecule has 0 unspecified atom stereocenters. The van der Waals surface area contributed by atoms with Crippen LogP contribution in [0.25, 0.3) is 10.9 Å². The van der Waals surface area contributed by atoms with Gasteiger partial charge in [-0.15, -0.1) is 0 Å². The highest BCUT2D eigenvalue weighted by atomic mass is 16.5. The van der Waals surface area contributed by atoms with Gasteiger partial charge in [-0.1, -0.05) is 18.2 Å². The molecule has 5 heteroatoms. The largest absolute Gasteiger partial charge is 0.383 e. The van der Waals surface area contributed by atoms with E-state index in [9.17, 15) is 4.79 Å². The molecule has 1 amide bonds. The van der Waals surface area contributed by atoms with Gasteiger partial charge in [-0.3, -0.25) is 4.79 Å². The van der Waals surface area contributed by atoms with E-state index in [-0.39, 0.29) is 17.6 Å². The first-order valence-electron chi connectivity index (χ1n) is 9.97. The fourth-order valence-electron chi connectivity index (χ4n) is 3.99. The zero-order chi connectivity index (χ0) is 19.3. The predicted octanol–water partition coefficient (Wildman–Crippen LogP) is 3.68. The Morgan fingerprint density at radius 2 is 2.19 bits per heavy atom. The monoisotopic (exact) mass is 372 g/mol. The highest BCUT2D eigenvalue weighted by Crippen LogP contribution is 2.25. The summed E-state index contributed by atoms with van der Waals surface area (Å²) < 4.78 is 13.2. The summed E-state index contributed by atoms with van der Waals surface area (Å²) in [5.74, 6) is 0.154. The average Bonchev–Trinajstić information content (AvgIpc) is 2.97. The molecule has 2 heterocycles. The number of para-hydroxylation sites is 1. The molecule has 1 aromatic carbocycles.